The van der Waals surface area contributed by atoms with Crippen molar-refractivity contribution in [3.63, 3.8) is 0 Å². The first-order chi connectivity index (χ1) is 12.1. The summed E-state index contributed by atoms with van der Waals surface area (Å²) >= 11 is 1.53. The van der Waals surface area contributed by atoms with Crippen LogP contribution in [0.15, 0.2) is 30.3 Å². The number of carbonyl (C=O) groups is 2. The third-order valence-corrected chi connectivity index (χ3v) is 5.46. The molecule has 1 aromatic carbocycles. The Morgan fingerprint density at radius 2 is 2.04 bits per heavy atom. The molecule has 0 unspecified atom stereocenters. The van der Waals surface area contributed by atoms with Crippen molar-refractivity contribution < 1.29 is 14.3 Å². The predicted octanol–water partition coefficient (Wildman–Crippen LogP) is 2.98. The Hall–Kier alpha value is -2.34. The molecule has 0 spiro atoms. The van der Waals surface area contributed by atoms with E-state index in [0.29, 0.717) is 24.6 Å². The molecule has 0 fully saturated rings. The van der Waals surface area contributed by atoms with Gasteiger partial charge in [-0.2, -0.15) is 0 Å². The van der Waals surface area contributed by atoms with E-state index in [-0.39, 0.29) is 11.8 Å². The van der Waals surface area contributed by atoms with Crippen LogP contribution < -0.4 is 10.1 Å². The fourth-order valence-electron chi connectivity index (χ4n) is 2.85. The van der Waals surface area contributed by atoms with Crippen molar-refractivity contribution in [3.8, 4) is 5.75 Å². The van der Waals surface area contributed by atoms with Crippen LogP contribution in [0.5, 0.6) is 5.75 Å². The zero-order chi connectivity index (χ0) is 17.8. The third-order valence-electron chi connectivity index (χ3n) is 4.22. The largest absolute Gasteiger partial charge is 0.494 e. The number of benzene rings is 1. The summed E-state index contributed by atoms with van der Waals surface area (Å²) in [6.07, 6.45) is 0.825. The van der Waals surface area contributed by atoms with Gasteiger partial charge in [-0.3, -0.25) is 9.59 Å². The minimum Gasteiger partial charge on any atom is -0.494 e. The number of nitrogens with one attached hydrogen (secondary N) is 1. The van der Waals surface area contributed by atoms with E-state index in [0.717, 1.165) is 29.8 Å². The molecule has 132 valence electrons. The van der Waals surface area contributed by atoms with Crippen LogP contribution in [0.25, 0.3) is 0 Å². The fourth-order valence-corrected chi connectivity index (χ4v) is 3.93. The first-order valence-corrected chi connectivity index (χ1v) is 9.25. The van der Waals surface area contributed by atoms with Crippen LogP contribution in [0.3, 0.4) is 0 Å². The number of thiophene rings is 1. The molecule has 0 aliphatic carbocycles. The van der Waals surface area contributed by atoms with E-state index in [2.05, 4.69) is 5.32 Å². The van der Waals surface area contributed by atoms with E-state index in [1.807, 2.05) is 42.2 Å². The minimum atomic E-state index is -0.0670. The smallest absolute Gasteiger partial charge is 0.261 e. The average Bonchev–Trinajstić information content (AvgIpc) is 3.04. The van der Waals surface area contributed by atoms with Crippen molar-refractivity contribution in [2.24, 2.45) is 0 Å². The maximum Gasteiger partial charge on any atom is 0.261 e. The molecule has 0 bridgehead atoms. The van der Waals surface area contributed by atoms with Crippen molar-refractivity contribution in [2.75, 3.05) is 13.2 Å². The van der Waals surface area contributed by atoms with E-state index in [4.69, 9.17) is 4.74 Å². The lowest BCUT2D eigenvalue weighted by molar-refractivity contribution is -0.129. The lowest BCUT2D eigenvalue weighted by atomic mass is 10.1. The van der Waals surface area contributed by atoms with Gasteiger partial charge in [-0.1, -0.05) is 12.1 Å². The molecule has 0 saturated heterocycles. The van der Waals surface area contributed by atoms with Gasteiger partial charge in [0, 0.05) is 31.4 Å². The van der Waals surface area contributed by atoms with Gasteiger partial charge in [-0.25, -0.2) is 0 Å². The highest BCUT2D eigenvalue weighted by atomic mass is 32.1. The standard InChI is InChI=1S/C19H22N2O3S/c1-3-24-16-6-4-14(5-7-16)11-20-19(23)18-10-15-12-21(13(2)22)9-8-17(15)25-18/h4-7,10H,3,8-9,11-12H2,1-2H3,(H,20,23). The number of hydrogen-bond donors (Lipinski definition) is 1. The van der Waals surface area contributed by atoms with Crippen molar-refractivity contribution in [1.82, 2.24) is 10.2 Å². The third kappa shape index (κ3) is 4.20. The quantitative estimate of drug-likeness (QED) is 0.894. The number of amides is 2. The number of fused-ring (bicyclic) bond motifs is 1. The molecule has 3 rings (SSSR count). The average molecular weight is 358 g/mol. The van der Waals surface area contributed by atoms with Gasteiger partial charge in [0.2, 0.25) is 5.91 Å². The molecule has 25 heavy (non-hydrogen) atoms. The highest BCUT2D eigenvalue weighted by Gasteiger charge is 2.22. The molecule has 0 saturated carbocycles. The summed E-state index contributed by atoms with van der Waals surface area (Å²) in [6, 6.07) is 9.64. The predicted molar refractivity (Wildman–Crippen MR) is 97.9 cm³/mol. The molecule has 0 atom stereocenters. The first-order valence-electron chi connectivity index (χ1n) is 8.44. The van der Waals surface area contributed by atoms with E-state index in [1.165, 1.54) is 16.2 Å². The summed E-state index contributed by atoms with van der Waals surface area (Å²) in [7, 11) is 0. The highest BCUT2D eigenvalue weighted by molar-refractivity contribution is 7.14. The number of carbonyl (C=O) groups excluding carboxylic acids is 2. The van der Waals surface area contributed by atoms with E-state index < -0.39 is 0 Å². The summed E-state index contributed by atoms with van der Waals surface area (Å²) < 4.78 is 5.41. The summed E-state index contributed by atoms with van der Waals surface area (Å²) in [6.45, 7) is 5.99. The van der Waals surface area contributed by atoms with Gasteiger partial charge in [0.15, 0.2) is 0 Å². The van der Waals surface area contributed by atoms with Crippen LogP contribution in [0.2, 0.25) is 0 Å². The highest BCUT2D eigenvalue weighted by Crippen LogP contribution is 2.28. The molecule has 0 radical (unpaired) electrons. The summed E-state index contributed by atoms with van der Waals surface area (Å²) in [5.74, 6) is 0.847. The second-order valence-corrected chi connectivity index (χ2v) is 7.15. The second-order valence-electron chi connectivity index (χ2n) is 6.01. The summed E-state index contributed by atoms with van der Waals surface area (Å²) in [4.78, 5) is 27.7. The molecular formula is C19H22N2O3S. The van der Waals surface area contributed by atoms with Crippen LogP contribution in [0, 0.1) is 0 Å². The van der Waals surface area contributed by atoms with E-state index in [9.17, 15) is 9.59 Å². The molecule has 5 nitrogen and oxygen atoms in total. The number of ether oxygens (including phenoxy) is 1. The molecule has 6 heteroatoms. The van der Waals surface area contributed by atoms with Gasteiger partial charge < -0.3 is 15.0 Å². The molecule has 1 aromatic heterocycles. The normalized spacial score (nSPS) is 13.3. The molecule has 2 aromatic rings. The van der Waals surface area contributed by atoms with Gasteiger partial charge >= 0.3 is 0 Å². The summed E-state index contributed by atoms with van der Waals surface area (Å²) in [5.41, 5.74) is 2.12. The van der Waals surface area contributed by atoms with Crippen LogP contribution in [-0.2, 0) is 24.3 Å². The van der Waals surface area contributed by atoms with Crippen LogP contribution in [0.4, 0.5) is 0 Å². The molecule has 2 heterocycles. The topological polar surface area (TPSA) is 58.6 Å². The fraction of sp³-hybridized carbons (Fsp3) is 0.368. The molecule has 1 aliphatic heterocycles. The lowest BCUT2D eigenvalue weighted by Crippen LogP contribution is -2.33. The molecule has 2 amide bonds. The van der Waals surface area contributed by atoms with Crippen molar-refractivity contribution >= 4 is 23.2 Å². The zero-order valence-corrected chi connectivity index (χ0v) is 15.3. The number of rotatable bonds is 5. The van der Waals surface area contributed by atoms with Crippen molar-refractivity contribution in [2.45, 2.75) is 33.4 Å². The molecule has 1 aliphatic rings. The Balaban J connectivity index is 1.60. The Labute approximate surface area is 151 Å². The maximum atomic E-state index is 12.4. The van der Waals surface area contributed by atoms with E-state index >= 15 is 0 Å². The van der Waals surface area contributed by atoms with Gasteiger partial charge in [-0.15, -0.1) is 11.3 Å². The molecule has 1 N–H and O–H groups in total. The Morgan fingerprint density at radius 1 is 1.28 bits per heavy atom. The van der Waals surface area contributed by atoms with Crippen LogP contribution in [-0.4, -0.2) is 29.9 Å². The number of nitrogens with zero attached hydrogens (tertiary/aromatic N) is 1. The maximum absolute atomic E-state index is 12.4. The number of hydrogen-bond acceptors (Lipinski definition) is 4. The Morgan fingerprint density at radius 3 is 2.72 bits per heavy atom. The monoisotopic (exact) mass is 358 g/mol. The SMILES string of the molecule is CCOc1ccc(CNC(=O)c2cc3c(s2)CCN(C(C)=O)C3)cc1. The first kappa shape index (κ1) is 17.5. The van der Waals surface area contributed by atoms with Crippen LogP contribution >= 0.6 is 11.3 Å². The Bertz CT molecular complexity index is 767. The van der Waals surface area contributed by atoms with Gasteiger partial charge in [-0.05, 0) is 42.7 Å². The van der Waals surface area contributed by atoms with Crippen LogP contribution in [0.1, 0.15) is 39.5 Å². The minimum absolute atomic E-state index is 0.0670. The van der Waals surface area contributed by atoms with Gasteiger partial charge in [0.1, 0.15) is 5.75 Å². The lowest BCUT2D eigenvalue weighted by Gasteiger charge is -2.25. The Kier molecular flexibility index (Phi) is 5.38. The van der Waals surface area contributed by atoms with Crippen molar-refractivity contribution in [3.05, 3.63) is 51.2 Å². The van der Waals surface area contributed by atoms with Gasteiger partial charge in [0.05, 0.1) is 11.5 Å². The second kappa shape index (κ2) is 7.70. The zero-order valence-electron chi connectivity index (χ0n) is 14.5. The van der Waals surface area contributed by atoms with E-state index in [1.54, 1.807) is 6.92 Å². The van der Waals surface area contributed by atoms with Gasteiger partial charge in [0.25, 0.3) is 5.91 Å². The van der Waals surface area contributed by atoms with Crippen molar-refractivity contribution in [1.29, 1.82) is 0 Å². The summed E-state index contributed by atoms with van der Waals surface area (Å²) in [5, 5.41) is 2.96. The molecular weight excluding hydrogens is 336 g/mol.